The van der Waals surface area contributed by atoms with Crippen LogP contribution in [0, 0.1) is 5.92 Å². The number of fused-ring (bicyclic) bond motifs is 1. The molecule has 1 aromatic carbocycles. The van der Waals surface area contributed by atoms with E-state index in [4.69, 9.17) is 4.98 Å². The Morgan fingerprint density at radius 1 is 1.43 bits per heavy atom. The summed E-state index contributed by atoms with van der Waals surface area (Å²) in [4.78, 5) is 7.44. The van der Waals surface area contributed by atoms with E-state index < -0.39 is 0 Å². The van der Waals surface area contributed by atoms with Gasteiger partial charge in [-0.2, -0.15) is 0 Å². The molecule has 2 heterocycles. The number of nitrogens with zero attached hydrogens (tertiary/aromatic N) is 2. The summed E-state index contributed by atoms with van der Waals surface area (Å²) >= 11 is 1.84. The standard InChI is InChI=1S/C17H25N3S/c1-4-12(2)15-9-18-13(3)10-20(15)11-17-19-14-7-5-6-8-16(14)21-17/h5-8,12-13,15,18H,4,9-11H2,1-3H3. The Kier molecular flexibility index (Phi) is 4.57. The molecule has 1 saturated heterocycles. The third kappa shape index (κ3) is 3.28. The van der Waals surface area contributed by atoms with Crippen LogP contribution in [-0.4, -0.2) is 35.1 Å². The Bertz CT molecular complexity index is 561. The first-order valence-electron chi connectivity index (χ1n) is 7.99. The Morgan fingerprint density at radius 3 is 3.00 bits per heavy atom. The highest BCUT2D eigenvalue weighted by Gasteiger charge is 2.29. The second-order valence-corrected chi connectivity index (χ2v) is 7.38. The molecule has 114 valence electrons. The van der Waals surface area contributed by atoms with E-state index in [1.807, 2.05) is 11.3 Å². The highest BCUT2D eigenvalue weighted by atomic mass is 32.1. The van der Waals surface area contributed by atoms with Crippen LogP contribution in [0.25, 0.3) is 10.2 Å². The number of aromatic nitrogens is 1. The highest BCUT2D eigenvalue weighted by Crippen LogP contribution is 2.25. The molecule has 3 unspecified atom stereocenters. The number of piperazine rings is 1. The van der Waals surface area contributed by atoms with Crippen molar-refractivity contribution in [1.29, 1.82) is 0 Å². The average Bonchev–Trinajstić information content (AvgIpc) is 2.89. The first-order valence-corrected chi connectivity index (χ1v) is 8.81. The van der Waals surface area contributed by atoms with Gasteiger partial charge in [0.25, 0.3) is 0 Å². The quantitative estimate of drug-likeness (QED) is 0.937. The van der Waals surface area contributed by atoms with Gasteiger partial charge in [-0.05, 0) is 25.0 Å². The largest absolute Gasteiger partial charge is 0.311 e. The number of thiazole rings is 1. The Labute approximate surface area is 131 Å². The normalized spacial score (nSPS) is 25.3. The van der Waals surface area contributed by atoms with Crippen LogP contribution in [0.1, 0.15) is 32.2 Å². The van der Waals surface area contributed by atoms with E-state index in [0.29, 0.717) is 12.1 Å². The van der Waals surface area contributed by atoms with E-state index in [-0.39, 0.29) is 0 Å². The number of benzene rings is 1. The molecular weight excluding hydrogens is 278 g/mol. The molecule has 0 aliphatic carbocycles. The number of hydrogen-bond donors (Lipinski definition) is 1. The van der Waals surface area contributed by atoms with Gasteiger partial charge in [0, 0.05) is 25.2 Å². The molecule has 0 bridgehead atoms. The van der Waals surface area contributed by atoms with Crippen LogP contribution in [-0.2, 0) is 6.54 Å². The molecule has 1 aliphatic heterocycles. The summed E-state index contributed by atoms with van der Waals surface area (Å²) in [6.07, 6.45) is 1.23. The summed E-state index contributed by atoms with van der Waals surface area (Å²) in [6, 6.07) is 9.64. The summed E-state index contributed by atoms with van der Waals surface area (Å²) in [5, 5.41) is 4.88. The van der Waals surface area contributed by atoms with Crippen molar-refractivity contribution in [2.45, 2.75) is 45.8 Å². The minimum Gasteiger partial charge on any atom is -0.311 e. The van der Waals surface area contributed by atoms with Gasteiger partial charge in [-0.25, -0.2) is 4.98 Å². The first-order chi connectivity index (χ1) is 10.2. The number of para-hydroxylation sites is 1. The number of rotatable bonds is 4. The fraction of sp³-hybridized carbons (Fsp3) is 0.588. The van der Waals surface area contributed by atoms with E-state index in [1.165, 1.54) is 16.1 Å². The second-order valence-electron chi connectivity index (χ2n) is 6.27. The third-order valence-corrected chi connectivity index (χ3v) is 5.65. The molecule has 0 spiro atoms. The summed E-state index contributed by atoms with van der Waals surface area (Å²) in [7, 11) is 0. The van der Waals surface area contributed by atoms with Crippen LogP contribution in [0.3, 0.4) is 0 Å². The summed E-state index contributed by atoms with van der Waals surface area (Å²) in [5.41, 5.74) is 1.14. The van der Waals surface area contributed by atoms with Crippen LogP contribution < -0.4 is 5.32 Å². The van der Waals surface area contributed by atoms with Crippen LogP contribution in [0.5, 0.6) is 0 Å². The van der Waals surface area contributed by atoms with Gasteiger partial charge in [0.15, 0.2) is 0 Å². The molecular formula is C17H25N3S. The predicted molar refractivity (Wildman–Crippen MR) is 90.7 cm³/mol. The molecule has 3 rings (SSSR count). The van der Waals surface area contributed by atoms with E-state index in [2.05, 4.69) is 55.3 Å². The molecule has 1 N–H and O–H groups in total. The zero-order valence-electron chi connectivity index (χ0n) is 13.2. The van der Waals surface area contributed by atoms with Gasteiger partial charge in [0.05, 0.1) is 16.8 Å². The van der Waals surface area contributed by atoms with Crippen molar-refractivity contribution in [3.05, 3.63) is 29.3 Å². The van der Waals surface area contributed by atoms with Crippen LogP contribution in [0.2, 0.25) is 0 Å². The van der Waals surface area contributed by atoms with Gasteiger partial charge in [0.2, 0.25) is 0 Å². The number of hydrogen-bond acceptors (Lipinski definition) is 4. The lowest BCUT2D eigenvalue weighted by Gasteiger charge is -2.41. The first kappa shape index (κ1) is 14.9. The second kappa shape index (κ2) is 6.42. The zero-order valence-corrected chi connectivity index (χ0v) is 14.0. The average molecular weight is 303 g/mol. The zero-order chi connectivity index (χ0) is 14.8. The Balaban J connectivity index is 1.79. The Morgan fingerprint density at radius 2 is 2.24 bits per heavy atom. The van der Waals surface area contributed by atoms with Crippen molar-refractivity contribution in [1.82, 2.24) is 15.2 Å². The van der Waals surface area contributed by atoms with Crippen molar-refractivity contribution in [2.24, 2.45) is 5.92 Å². The summed E-state index contributed by atoms with van der Waals surface area (Å²) in [5.74, 6) is 0.722. The third-order valence-electron chi connectivity index (χ3n) is 4.63. The minimum atomic E-state index is 0.569. The van der Waals surface area contributed by atoms with Crippen molar-refractivity contribution < 1.29 is 0 Å². The summed E-state index contributed by atoms with van der Waals surface area (Å²) < 4.78 is 1.30. The fourth-order valence-corrected chi connectivity index (χ4v) is 4.17. The predicted octanol–water partition coefficient (Wildman–Crippen LogP) is 3.50. The van der Waals surface area contributed by atoms with E-state index >= 15 is 0 Å². The minimum absolute atomic E-state index is 0.569. The monoisotopic (exact) mass is 303 g/mol. The molecule has 1 aromatic heterocycles. The molecule has 2 aromatic rings. The lowest BCUT2D eigenvalue weighted by atomic mass is 9.95. The molecule has 4 heteroatoms. The van der Waals surface area contributed by atoms with Gasteiger partial charge < -0.3 is 5.32 Å². The number of nitrogens with one attached hydrogen (secondary N) is 1. The topological polar surface area (TPSA) is 28.2 Å². The molecule has 0 saturated carbocycles. The van der Waals surface area contributed by atoms with Crippen molar-refractivity contribution in [3.63, 3.8) is 0 Å². The molecule has 1 fully saturated rings. The summed E-state index contributed by atoms with van der Waals surface area (Å²) in [6.45, 7) is 10.1. The maximum Gasteiger partial charge on any atom is 0.108 e. The van der Waals surface area contributed by atoms with Gasteiger partial charge in [-0.15, -0.1) is 11.3 Å². The van der Waals surface area contributed by atoms with Gasteiger partial charge in [0.1, 0.15) is 5.01 Å². The molecule has 0 radical (unpaired) electrons. The molecule has 0 amide bonds. The molecule has 21 heavy (non-hydrogen) atoms. The van der Waals surface area contributed by atoms with Crippen molar-refractivity contribution in [3.8, 4) is 0 Å². The van der Waals surface area contributed by atoms with E-state index in [9.17, 15) is 0 Å². The highest BCUT2D eigenvalue weighted by molar-refractivity contribution is 7.18. The maximum atomic E-state index is 4.81. The fourth-order valence-electron chi connectivity index (χ4n) is 3.18. The maximum absolute atomic E-state index is 4.81. The lowest BCUT2D eigenvalue weighted by Crippen LogP contribution is -2.57. The van der Waals surface area contributed by atoms with Crippen LogP contribution in [0.4, 0.5) is 0 Å². The van der Waals surface area contributed by atoms with Gasteiger partial charge in [-0.1, -0.05) is 32.4 Å². The molecule has 1 aliphatic rings. The smallest absolute Gasteiger partial charge is 0.108 e. The van der Waals surface area contributed by atoms with Crippen molar-refractivity contribution in [2.75, 3.05) is 13.1 Å². The van der Waals surface area contributed by atoms with Crippen LogP contribution >= 0.6 is 11.3 Å². The van der Waals surface area contributed by atoms with Gasteiger partial charge in [-0.3, -0.25) is 4.90 Å². The molecule has 3 nitrogen and oxygen atoms in total. The van der Waals surface area contributed by atoms with Gasteiger partial charge >= 0.3 is 0 Å². The van der Waals surface area contributed by atoms with E-state index in [0.717, 1.165) is 31.1 Å². The van der Waals surface area contributed by atoms with E-state index in [1.54, 1.807) is 0 Å². The molecule has 3 atom stereocenters. The SMILES string of the molecule is CCC(C)C1CNC(C)CN1Cc1nc2ccccc2s1. The van der Waals surface area contributed by atoms with Crippen LogP contribution in [0.15, 0.2) is 24.3 Å². The lowest BCUT2D eigenvalue weighted by molar-refractivity contribution is 0.0885. The Hall–Kier alpha value is -0.970. The van der Waals surface area contributed by atoms with Crippen molar-refractivity contribution >= 4 is 21.6 Å².